The molecule has 1 heterocycles. The van der Waals surface area contributed by atoms with Gasteiger partial charge in [0.15, 0.2) is 0 Å². The molecule has 13 heavy (non-hydrogen) atoms. The van der Waals surface area contributed by atoms with E-state index in [2.05, 4.69) is 19.3 Å². The van der Waals surface area contributed by atoms with Crippen molar-refractivity contribution in [2.24, 2.45) is 5.92 Å². The molecule has 0 radical (unpaired) electrons. The number of ether oxygens (including phenoxy) is 1. The van der Waals surface area contributed by atoms with E-state index in [0.717, 1.165) is 19.1 Å². The van der Waals surface area contributed by atoms with Gasteiger partial charge in [-0.25, -0.2) is 0 Å². The molecule has 0 aromatic heterocycles. The van der Waals surface area contributed by atoms with E-state index >= 15 is 0 Å². The Morgan fingerprint density at radius 1 is 1.38 bits per heavy atom. The number of hydrogen-bond acceptors (Lipinski definition) is 2. The van der Waals surface area contributed by atoms with Gasteiger partial charge in [0.2, 0.25) is 0 Å². The Morgan fingerprint density at radius 2 is 2.23 bits per heavy atom. The molecular formula is C11H23NO. The lowest BCUT2D eigenvalue weighted by Gasteiger charge is -2.31. The van der Waals surface area contributed by atoms with Crippen LogP contribution in [0.2, 0.25) is 0 Å². The molecule has 1 aliphatic rings. The van der Waals surface area contributed by atoms with Crippen molar-refractivity contribution in [1.29, 1.82) is 0 Å². The molecule has 0 aliphatic carbocycles. The largest absolute Gasteiger partial charge is 0.381 e. The summed E-state index contributed by atoms with van der Waals surface area (Å²) in [6.45, 7) is 4.16. The average Bonchev–Trinajstić information content (AvgIpc) is 2.19. The fourth-order valence-corrected chi connectivity index (χ4v) is 2.12. The van der Waals surface area contributed by atoms with Gasteiger partial charge in [0, 0.05) is 12.6 Å². The van der Waals surface area contributed by atoms with Gasteiger partial charge in [-0.3, -0.25) is 0 Å². The Morgan fingerprint density at radius 3 is 2.92 bits per heavy atom. The zero-order chi connectivity index (χ0) is 9.52. The lowest BCUT2D eigenvalue weighted by atomic mass is 9.91. The molecule has 1 fully saturated rings. The summed E-state index contributed by atoms with van der Waals surface area (Å²) >= 11 is 0. The predicted molar refractivity (Wildman–Crippen MR) is 55.9 cm³/mol. The second-order valence-electron chi connectivity index (χ2n) is 4.01. The molecule has 0 saturated carbocycles. The Hall–Kier alpha value is -0.0800. The lowest BCUT2D eigenvalue weighted by Crippen LogP contribution is -2.40. The zero-order valence-electron chi connectivity index (χ0n) is 9.01. The quantitative estimate of drug-likeness (QED) is 0.663. The molecule has 2 unspecified atom stereocenters. The number of hydrogen-bond donors (Lipinski definition) is 1. The van der Waals surface area contributed by atoms with Crippen molar-refractivity contribution in [3.63, 3.8) is 0 Å². The van der Waals surface area contributed by atoms with Crippen LogP contribution in [0.4, 0.5) is 0 Å². The van der Waals surface area contributed by atoms with Crippen LogP contribution in [0.15, 0.2) is 0 Å². The first-order valence-electron chi connectivity index (χ1n) is 5.63. The molecule has 0 spiro atoms. The van der Waals surface area contributed by atoms with Gasteiger partial charge in [0.1, 0.15) is 0 Å². The van der Waals surface area contributed by atoms with Crippen LogP contribution < -0.4 is 5.32 Å². The van der Waals surface area contributed by atoms with Crippen LogP contribution in [0.5, 0.6) is 0 Å². The molecule has 78 valence electrons. The summed E-state index contributed by atoms with van der Waals surface area (Å²) < 4.78 is 5.50. The van der Waals surface area contributed by atoms with Gasteiger partial charge in [-0.2, -0.15) is 0 Å². The lowest BCUT2D eigenvalue weighted by molar-refractivity contribution is 0.0298. The van der Waals surface area contributed by atoms with E-state index in [0.29, 0.717) is 6.04 Å². The summed E-state index contributed by atoms with van der Waals surface area (Å²) in [6.07, 6.45) is 6.57. The standard InChI is InChI=1S/C11H23NO/c1-3-4-5-6-10-9-13-8-7-11(10)12-2/h10-12H,3-9H2,1-2H3. The van der Waals surface area contributed by atoms with Crippen LogP contribution >= 0.6 is 0 Å². The molecular weight excluding hydrogens is 162 g/mol. The maximum atomic E-state index is 5.50. The molecule has 0 amide bonds. The van der Waals surface area contributed by atoms with Gasteiger partial charge in [-0.1, -0.05) is 26.2 Å². The molecule has 2 atom stereocenters. The van der Waals surface area contributed by atoms with E-state index in [1.165, 1.54) is 32.1 Å². The zero-order valence-corrected chi connectivity index (χ0v) is 9.01. The average molecular weight is 185 g/mol. The Bertz CT molecular complexity index is 127. The molecule has 0 bridgehead atoms. The summed E-state index contributed by atoms with van der Waals surface area (Å²) in [7, 11) is 2.07. The van der Waals surface area contributed by atoms with Crippen LogP contribution in [-0.4, -0.2) is 26.3 Å². The first-order valence-corrected chi connectivity index (χ1v) is 5.63. The van der Waals surface area contributed by atoms with Gasteiger partial charge in [-0.15, -0.1) is 0 Å². The predicted octanol–water partition coefficient (Wildman–Crippen LogP) is 2.19. The van der Waals surface area contributed by atoms with E-state index in [1.807, 2.05) is 0 Å². The fraction of sp³-hybridized carbons (Fsp3) is 1.00. The fourth-order valence-electron chi connectivity index (χ4n) is 2.12. The van der Waals surface area contributed by atoms with Crippen LogP contribution in [0.1, 0.15) is 39.0 Å². The Kier molecular flexibility index (Phi) is 5.40. The maximum absolute atomic E-state index is 5.50. The van der Waals surface area contributed by atoms with Crippen LogP contribution in [0.3, 0.4) is 0 Å². The Balaban J connectivity index is 2.19. The number of rotatable bonds is 5. The van der Waals surface area contributed by atoms with Crippen molar-refractivity contribution in [3.8, 4) is 0 Å². The third-order valence-electron chi connectivity index (χ3n) is 3.02. The third kappa shape index (κ3) is 3.65. The molecule has 0 aromatic carbocycles. The minimum absolute atomic E-state index is 0.700. The van der Waals surface area contributed by atoms with E-state index in [1.54, 1.807) is 0 Å². The third-order valence-corrected chi connectivity index (χ3v) is 3.02. The molecule has 1 N–H and O–H groups in total. The normalized spacial score (nSPS) is 29.1. The van der Waals surface area contributed by atoms with Crippen molar-refractivity contribution >= 4 is 0 Å². The van der Waals surface area contributed by atoms with Crippen molar-refractivity contribution in [3.05, 3.63) is 0 Å². The van der Waals surface area contributed by atoms with E-state index in [9.17, 15) is 0 Å². The second-order valence-corrected chi connectivity index (χ2v) is 4.01. The minimum atomic E-state index is 0.700. The summed E-state index contributed by atoms with van der Waals surface area (Å²) in [5.41, 5.74) is 0. The first kappa shape index (κ1) is 11.0. The van der Waals surface area contributed by atoms with Crippen LogP contribution in [-0.2, 0) is 4.74 Å². The summed E-state index contributed by atoms with van der Waals surface area (Å²) in [5.74, 6) is 0.755. The monoisotopic (exact) mass is 185 g/mol. The molecule has 2 heteroatoms. The van der Waals surface area contributed by atoms with E-state index in [-0.39, 0.29) is 0 Å². The van der Waals surface area contributed by atoms with Crippen molar-refractivity contribution in [1.82, 2.24) is 5.32 Å². The SMILES string of the molecule is CCCCCC1COCCC1NC. The molecule has 1 saturated heterocycles. The van der Waals surface area contributed by atoms with Crippen LogP contribution in [0, 0.1) is 5.92 Å². The smallest absolute Gasteiger partial charge is 0.0509 e. The van der Waals surface area contributed by atoms with E-state index in [4.69, 9.17) is 4.74 Å². The minimum Gasteiger partial charge on any atom is -0.381 e. The number of nitrogens with one attached hydrogen (secondary N) is 1. The highest BCUT2D eigenvalue weighted by Crippen LogP contribution is 2.20. The van der Waals surface area contributed by atoms with E-state index < -0.39 is 0 Å². The highest BCUT2D eigenvalue weighted by molar-refractivity contribution is 4.78. The summed E-state index contributed by atoms with van der Waals surface area (Å²) in [5, 5.41) is 3.40. The van der Waals surface area contributed by atoms with Crippen LogP contribution in [0.25, 0.3) is 0 Å². The van der Waals surface area contributed by atoms with Gasteiger partial charge in [-0.05, 0) is 25.8 Å². The highest BCUT2D eigenvalue weighted by atomic mass is 16.5. The summed E-state index contributed by atoms with van der Waals surface area (Å²) in [4.78, 5) is 0. The van der Waals surface area contributed by atoms with Gasteiger partial charge < -0.3 is 10.1 Å². The Labute approximate surface area is 82.0 Å². The molecule has 1 aliphatic heterocycles. The van der Waals surface area contributed by atoms with Crippen molar-refractivity contribution < 1.29 is 4.74 Å². The molecule has 0 aromatic rings. The van der Waals surface area contributed by atoms with Crippen molar-refractivity contribution in [2.75, 3.05) is 20.3 Å². The topological polar surface area (TPSA) is 21.3 Å². The van der Waals surface area contributed by atoms with Gasteiger partial charge in [0.25, 0.3) is 0 Å². The van der Waals surface area contributed by atoms with Gasteiger partial charge >= 0.3 is 0 Å². The maximum Gasteiger partial charge on any atom is 0.0509 e. The number of unbranched alkanes of at least 4 members (excludes halogenated alkanes) is 2. The second kappa shape index (κ2) is 6.39. The van der Waals surface area contributed by atoms with Crippen molar-refractivity contribution in [2.45, 2.75) is 45.1 Å². The summed E-state index contributed by atoms with van der Waals surface area (Å²) in [6, 6.07) is 0.700. The van der Waals surface area contributed by atoms with Gasteiger partial charge in [0.05, 0.1) is 6.61 Å². The highest BCUT2D eigenvalue weighted by Gasteiger charge is 2.23. The molecule has 2 nitrogen and oxygen atoms in total. The first-order chi connectivity index (χ1) is 6.38. The molecule has 1 rings (SSSR count).